The Morgan fingerprint density at radius 2 is 1.85 bits per heavy atom. The van der Waals surface area contributed by atoms with Crippen LogP contribution in [0.15, 0.2) is 48.7 Å². The van der Waals surface area contributed by atoms with Crippen molar-refractivity contribution < 1.29 is 4.79 Å². The number of para-hydroxylation sites is 1. The van der Waals surface area contributed by atoms with Gasteiger partial charge in [0.2, 0.25) is 0 Å². The van der Waals surface area contributed by atoms with Crippen molar-refractivity contribution in [3.8, 4) is 5.69 Å². The van der Waals surface area contributed by atoms with Gasteiger partial charge in [0, 0.05) is 6.20 Å². The minimum absolute atomic E-state index is 0.0933. The SMILES string of the molecule is CCc1nn(-c2ccccc2C)c(CC)c1C(=O)NCc1ccccn1. The summed E-state index contributed by atoms with van der Waals surface area (Å²) in [4.78, 5) is 17.2. The second-order valence-corrected chi connectivity index (χ2v) is 6.18. The molecule has 2 heterocycles. The molecule has 0 atom stereocenters. The van der Waals surface area contributed by atoms with E-state index >= 15 is 0 Å². The fourth-order valence-electron chi connectivity index (χ4n) is 3.10. The highest BCUT2D eigenvalue weighted by molar-refractivity contribution is 5.96. The smallest absolute Gasteiger partial charge is 0.255 e. The minimum atomic E-state index is -0.0933. The van der Waals surface area contributed by atoms with Crippen LogP contribution in [0.1, 0.15) is 46.9 Å². The predicted molar refractivity (Wildman–Crippen MR) is 102 cm³/mol. The van der Waals surface area contributed by atoms with Gasteiger partial charge in [-0.2, -0.15) is 5.10 Å². The number of nitrogens with zero attached hydrogens (tertiary/aromatic N) is 3. The summed E-state index contributed by atoms with van der Waals surface area (Å²) < 4.78 is 1.92. The first-order valence-corrected chi connectivity index (χ1v) is 9.00. The van der Waals surface area contributed by atoms with Crippen molar-refractivity contribution in [3.63, 3.8) is 0 Å². The van der Waals surface area contributed by atoms with E-state index in [1.165, 1.54) is 0 Å². The molecule has 1 amide bonds. The first-order valence-electron chi connectivity index (χ1n) is 9.00. The molecule has 0 aliphatic rings. The summed E-state index contributed by atoms with van der Waals surface area (Å²) in [5, 5.41) is 7.74. The first-order chi connectivity index (χ1) is 12.7. The summed E-state index contributed by atoms with van der Waals surface area (Å²) in [5.74, 6) is -0.0933. The average Bonchev–Trinajstić information content (AvgIpc) is 3.06. The maximum Gasteiger partial charge on any atom is 0.255 e. The molecule has 26 heavy (non-hydrogen) atoms. The fraction of sp³-hybridized carbons (Fsp3) is 0.286. The molecular weight excluding hydrogens is 324 g/mol. The Balaban J connectivity index is 1.96. The monoisotopic (exact) mass is 348 g/mol. The Bertz CT molecular complexity index is 900. The average molecular weight is 348 g/mol. The molecule has 134 valence electrons. The van der Waals surface area contributed by atoms with Crippen LogP contribution in [0.3, 0.4) is 0 Å². The van der Waals surface area contributed by atoms with E-state index in [-0.39, 0.29) is 5.91 Å². The number of carbonyl (C=O) groups excluding carboxylic acids is 1. The predicted octanol–water partition coefficient (Wildman–Crippen LogP) is 3.63. The molecule has 0 saturated heterocycles. The van der Waals surface area contributed by atoms with Crippen LogP contribution in [-0.2, 0) is 19.4 Å². The van der Waals surface area contributed by atoms with Crippen LogP contribution in [0, 0.1) is 6.92 Å². The van der Waals surface area contributed by atoms with Gasteiger partial charge in [-0.05, 0) is 43.5 Å². The van der Waals surface area contributed by atoms with Crippen LogP contribution in [-0.4, -0.2) is 20.7 Å². The molecule has 0 unspecified atom stereocenters. The van der Waals surface area contributed by atoms with Gasteiger partial charge in [0.1, 0.15) is 0 Å². The molecule has 5 heteroatoms. The quantitative estimate of drug-likeness (QED) is 0.740. The Hall–Kier alpha value is -2.95. The van der Waals surface area contributed by atoms with E-state index < -0.39 is 0 Å². The molecule has 0 saturated carbocycles. The third-order valence-electron chi connectivity index (χ3n) is 4.45. The number of aromatic nitrogens is 3. The normalized spacial score (nSPS) is 10.7. The van der Waals surface area contributed by atoms with Gasteiger partial charge in [-0.15, -0.1) is 0 Å². The van der Waals surface area contributed by atoms with Crippen LogP contribution in [0.5, 0.6) is 0 Å². The molecular formula is C21H24N4O. The number of hydrogen-bond donors (Lipinski definition) is 1. The first kappa shape index (κ1) is 17.9. The van der Waals surface area contributed by atoms with Crippen LogP contribution in [0.4, 0.5) is 0 Å². The molecule has 0 radical (unpaired) electrons. The van der Waals surface area contributed by atoms with Crippen molar-refractivity contribution in [2.75, 3.05) is 0 Å². The van der Waals surface area contributed by atoms with Gasteiger partial charge in [-0.3, -0.25) is 9.78 Å². The van der Waals surface area contributed by atoms with Crippen LogP contribution < -0.4 is 5.32 Å². The van der Waals surface area contributed by atoms with Gasteiger partial charge >= 0.3 is 0 Å². The van der Waals surface area contributed by atoms with Gasteiger partial charge in [0.15, 0.2) is 0 Å². The van der Waals surface area contributed by atoms with Crippen LogP contribution in [0.2, 0.25) is 0 Å². The largest absolute Gasteiger partial charge is 0.346 e. The number of pyridine rings is 1. The highest BCUT2D eigenvalue weighted by Gasteiger charge is 2.23. The number of carbonyl (C=O) groups is 1. The van der Waals surface area contributed by atoms with E-state index in [1.807, 2.05) is 48.0 Å². The van der Waals surface area contributed by atoms with Gasteiger partial charge in [-0.25, -0.2) is 4.68 Å². The summed E-state index contributed by atoms with van der Waals surface area (Å²) in [6, 6.07) is 13.8. The zero-order valence-corrected chi connectivity index (χ0v) is 15.5. The van der Waals surface area contributed by atoms with Crippen molar-refractivity contribution in [2.24, 2.45) is 0 Å². The summed E-state index contributed by atoms with van der Waals surface area (Å²) in [6.45, 7) is 6.55. The highest BCUT2D eigenvalue weighted by Crippen LogP contribution is 2.22. The molecule has 3 rings (SSSR count). The van der Waals surface area contributed by atoms with E-state index in [9.17, 15) is 4.79 Å². The van der Waals surface area contributed by atoms with Gasteiger partial charge < -0.3 is 5.32 Å². The molecule has 2 aromatic heterocycles. The number of rotatable bonds is 6. The topological polar surface area (TPSA) is 59.8 Å². The van der Waals surface area contributed by atoms with E-state index in [2.05, 4.69) is 30.2 Å². The number of aryl methyl sites for hydroxylation is 2. The van der Waals surface area contributed by atoms with Crippen molar-refractivity contribution in [1.82, 2.24) is 20.1 Å². The molecule has 0 spiro atoms. The Kier molecular flexibility index (Phi) is 5.46. The lowest BCUT2D eigenvalue weighted by Gasteiger charge is -2.10. The van der Waals surface area contributed by atoms with Crippen molar-refractivity contribution in [3.05, 3.63) is 76.9 Å². The Morgan fingerprint density at radius 1 is 1.08 bits per heavy atom. The van der Waals surface area contributed by atoms with Crippen LogP contribution >= 0.6 is 0 Å². The molecule has 0 fully saturated rings. The molecule has 5 nitrogen and oxygen atoms in total. The lowest BCUT2D eigenvalue weighted by molar-refractivity contribution is 0.0948. The van der Waals surface area contributed by atoms with E-state index in [4.69, 9.17) is 5.10 Å². The fourth-order valence-corrected chi connectivity index (χ4v) is 3.10. The third-order valence-corrected chi connectivity index (χ3v) is 4.45. The molecule has 1 aromatic carbocycles. The standard InChI is InChI=1S/C21H24N4O/c1-4-17-20(21(26)23-14-16-11-8-9-13-22-16)18(5-2)25(24-17)19-12-7-6-10-15(19)3/h6-13H,4-5,14H2,1-3H3,(H,23,26). The summed E-state index contributed by atoms with van der Waals surface area (Å²) in [7, 11) is 0. The van der Waals surface area contributed by atoms with Crippen molar-refractivity contribution in [2.45, 2.75) is 40.2 Å². The molecule has 0 aliphatic heterocycles. The minimum Gasteiger partial charge on any atom is -0.346 e. The zero-order valence-electron chi connectivity index (χ0n) is 15.5. The Labute approximate surface area is 154 Å². The lowest BCUT2D eigenvalue weighted by Crippen LogP contribution is -2.25. The number of hydrogen-bond acceptors (Lipinski definition) is 3. The molecule has 0 bridgehead atoms. The lowest BCUT2D eigenvalue weighted by atomic mass is 10.1. The van der Waals surface area contributed by atoms with Gasteiger partial charge in [0.05, 0.1) is 34.9 Å². The molecule has 0 aliphatic carbocycles. The van der Waals surface area contributed by atoms with Gasteiger partial charge in [-0.1, -0.05) is 38.1 Å². The van der Waals surface area contributed by atoms with E-state index in [0.29, 0.717) is 18.5 Å². The second kappa shape index (κ2) is 7.95. The maximum absolute atomic E-state index is 12.9. The molecule has 1 N–H and O–H groups in total. The third kappa shape index (κ3) is 3.52. The Morgan fingerprint density at radius 3 is 2.50 bits per heavy atom. The zero-order chi connectivity index (χ0) is 18.5. The number of benzene rings is 1. The van der Waals surface area contributed by atoms with Crippen molar-refractivity contribution >= 4 is 5.91 Å². The second-order valence-electron chi connectivity index (χ2n) is 6.18. The molecule has 3 aromatic rings. The summed E-state index contributed by atoms with van der Waals surface area (Å²) in [5.41, 5.74) is 5.44. The van der Waals surface area contributed by atoms with Crippen LogP contribution in [0.25, 0.3) is 5.69 Å². The number of amides is 1. The van der Waals surface area contributed by atoms with Crippen molar-refractivity contribution in [1.29, 1.82) is 0 Å². The number of nitrogens with one attached hydrogen (secondary N) is 1. The van der Waals surface area contributed by atoms with E-state index in [0.717, 1.165) is 34.8 Å². The summed E-state index contributed by atoms with van der Waals surface area (Å²) in [6.07, 6.45) is 3.17. The summed E-state index contributed by atoms with van der Waals surface area (Å²) >= 11 is 0. The highest BCUT2D eigenvalue weighted by atomic mass is 16.1. The van der Waals surface area contributed by atoms with E-state index in [1.54, 1.807) is 6.20 Å². The maximum atomic E-state index is 12.9. The van der Waals surface area contributed by atoms with Gasteiger partial charge in [0.25, 0.3) is 5.91 Å².